The molecule has 2 heterocycles. The number of aryl methyl sites for hydroxylation is 1. The molecule has 4 rings (SSSR count). The number of carbonyl (C=O) groups excluding carboxylic acids is 1. The summed E-state index contributed by atoms with van der Waals surface area (Å²) in [4.78, 5) is 27.2. The van der Waals surface area contributed by atoms with Gasteiger partial charge in [-0.1, -0.05) is 42.0 Å². The SMILES string of the molecule is Cc1ccc(-c2n[nH]c(=S)n2CCC(=O)NCCn2c(=O)[nH]c3ccccc32)cc1. The molecule has 0 saturated heterocycles. The molecule has 3 N–H and O–H groups in total. The molecule has 0 spiro atoms. The van der Waals surface area contributed by atoms with Crippen LogP contribution < -0.4 is 11.0 Å². The Hall–Kier alpha value is -3.46. The van der Waals surface area contributed by atoms with Crippen molar-refractivity contribution in [1.29, 1.82) is 0 Å². The van der Waals surface area contributed by atoms with Crippen LogP contribution in [-0.2, 0) is 17.9 Å². The zero-order valence-corrected chi connectivity index (χ0v) is 17.3. The summed E-state index contributed by atoms with van der Waals surface area (Å²) < 4.78 is 3.92. The molecule has 0 unspecified atom stereocenters. The van der Waals surface area contributed by atoms with E-state index in [1.54, 1.807) is 4.57 Å². The number of hydrogen-bond donors (Lipinski definition) is 3. The second-order valence-electron chi connectivity index (χ2n) is 7.07. The zero-order chi connectivity index (χ0) is 21.1. The fourth-order valence-electron chi connectivity index (χ4n) is 3.39. The summed E-state index contributed by atoms with van der Waals surface area (Å²) in [5.41, 5.74) is 3.52. The number of imidazole rings is 1. The van der Waals surface area contributed by atoms with E-state index in [4.69, 9.17) is 12.2 Å². The van der Waals surface area contributed by atoms with E-state index in [1.165, 1.54) is 0 Å². The van der Waals surface area contributed by atoms with Gasteiger partial charge in [0.1, 0.15) is 0 Å². The normalized spacial score (nSPS) is 11.1. The van der Waals surface area contributed by atoms with Crippen molar-refractivity contribution in [3.8, 4) is 11.4 Å². The quantitative estimate of drug-likeness (QED) is 0.399. The van der Waals surface area contributed by atoms with Gasteiger partial charge in [0, 0.05) is 31.6 Å². The van der Waals surface area contributed by atoms with Crippen molar-refractivity contribution >= 4 is 29.2 Å². The van der Waals surface area contributed by atoms with Crippen molar-refractivity contribution in [2.45, 2.75) is 26.4 Å². The first kappa shape index (κ1) is 19.8. The van der Waals surface area contributed by atoms with E-state index >= 15 is 0 Å². The van der Waals surface area contributed by atoms with Crippen LogP contribution in [0.1, 0.15) is 12.0 Å². The minimum absolute atomic E-state index is 0.110. The van der Waals surface area contributed by atoms with Crippen LogP contribution in [0.4, 0.5) is 0 Å². The molecule has 1 amide bonds. The van der Waals surface area contributed by atoms with Gasteiger partial charge < -0.3 is 10.3 Å². The van der Waals surface area contributed by atoms with E-state index in [1.807, 2.05) is 60.0 Å². The molecule has 0 radical (unpaired) electrons. The Morgan fingerprint density at radius 1 is 1.10 bits per heavy atom. The monoisotopic (exact) mass is 422 g/mol. The lowest BCUT2D eigenvalue weighted by Gasteiger charge is -2.09. The first-order valence-corrected chi connectivity index (χ1v) is 10.1. The maximum absolute atomic E-state index is 12.3. The molecule has 2 aromatic carbocycles. The van der Waals surface area contributed by atoms with Crippen LogP contribution in [0.5, 0.6) is 0 Å². The summed E-state index contributed by atoms with van der Waals surface area (Å²) in [7, 11) is 0. The number of amides is 1. The van der Waals surface area contributed by atoms with E-state index in [0.717, 1.165) is 22.2 Å². The van der Waals surface area contributed by atoms with Gasteiger partial charge in [-0.25, -0.2) is 4.79 Å². The van der Waals surface area contributed by atoms with Gasteiger partial charge in [-0.05, 0) is 31.3 Å². The smallest absolute Gasteiger partial charge is 0.326 e. The van der Waals surface area contributed by atoms with Crippen LogP contribution in [0, 0.1) is 11.7 Å². The van der Waals surface area contributed by atoms with Gasteiger partial charge in [-0.2, -0.15) is 5.10 Å². The summed E-state index contributed by atoms with van der Waals surface area (Å²) in [5, 5.41) is 9.97. The Morgan fingerprint density at radius 2 is 1.87 bits per heavy atom. The van der Waals surface area contributed by atoms with Crippen molar-refractivity contribution in [2.24, 2.45) is 0 Å². The number of nitrogens with zero attached hydrogens (tertiary/aromatic N) is 3. The molecule has 2 aromatic heterocycles. The lowest BCUT2D eigenvalue weighted by atomic mass is 10.1. The number of aromatic amines is 2. The van der Waals surface area contributed by atoms with Gasteiger partial charge in [0.15, 0.2) is 10.6 Å². The summed E-state index contributed by atoms with van der Waals surface area (Å²) in [6.45, 7) is 3.20. The first-order valence-electron chi connectivity index (χ1n) is 9.69. The predicted molar refractivity (Wildman–Crippen MR) is 118 cm³/mol. The number of nitrogens with one attached hydrogen (secondary N) is 3. The van der Waals surface area contributed by atoms with Crippen LogP contribution in [-0.4, -0.2) is 36.8 Å². The second-order valence-corrected chi connectivity index (χ2v) is 7.46. The van der Waals surface area contributed by atoms with Crippen molar-refractivity contribution in [2.75, 3.05) is 6.54 Å². The minimum atomic E-state index is -0.183. The molecule has 9 heteroatoms. The number of hydrogen-bond acceptors (Lipinski definition) is 4. The average Bonchev–Trinajstić information content (AvgIpc) is 3.26. The van der Waals surface area contributed by atoms with Gasteiger partial charge in [-0.15, -0.1) is 0 Å². The van der Waals surface area contributed by atoms with Crippen molar-refractivity contribution in [1.82, 2.24) is 29.6 Å². The highest BCUT2D eigenvalue weighted by Gasteiger charge is 2.11. The van der Waals surface area contributed by atoms with Gasteiger partial charge in [0.2, 0.25) is 5.91 Å². The van der Waals surface area contributed by atoms with Crippen molar-refractivity contribution in [3.05, 3.63) is 69.3 Å². The number of para-hydroxylation sites is 2. The molecule has 0 aliphatic carbocycles. The highest BCUT2D eigenvalue weighted by Crippen LogP contribution is 2.18. The average molecular weight is 423 g/mol. The van der Waals surface area contributed by atoms with Crippen LogP contribution in [0.15, 0.2) is 53.3 Å². The first-order chi connectivity index (χ1) is 14.5. The Labute approximate surface area is 177 Å². The number of aromatic nitrogens is 5. The van der Waals surface area contributed by atoms with Gasteiger partial charge in [0.05, 0.1) is 11.0 Å². The topological polar surface area (TPSA) is 100 Å². The van der Waals surface area contributed by atoms with Crippen LogP contribution >= 0.6 is 12.2 Å². The molecule has 0 atom stereocenters. The molecule has 4 aromatic rings. The van der Waals surface area contributed by atoms with Crippen molar-refractivity contribution < 1.29 is 4.79 Å². The lowest BCUT2D eigenvalue weighted by molar-refractivity contribution is -0.121. The molecule has 0 bridgehead atoms. The highest BCUT2D eigenvalue weighted by atomic mass is 32.1. The number of rotatable bonds is 7. The van der Waals surface area contributed by atoms with Crippen LogP contribution in [0.2, 0.25) is 0 Å². The second kappa shape index (κ2) is 8.50. The standard InChI is InChI=1S/C21H22N6O2S/c1-14-6-8-15(9-7-14)19-24-25-21(30)27(19)12-10-18(28)22-11-13-26-17-5-3-2-4-16(17)23-20(26)29/h2-9H,10-13H2,1H3,(H,22,28)(H,23,29)(H,25,30). The summed E-state index contributed by atoms with van der Waals surface area (Å²) >= 11 is 5.32. The van der Waals surface area contributed by atoms with Gasteiger partial charge in [-0.3, -0.25) is 19.0 Å². The summed E-state index contributed by atoms with van der Waals surface area (Å²) in [5.74, 6) is 0.596. The zero-order valence-electron chi connectivity index (χ0n) is 16.5. The largest absolute Gasteiger partial charge is 0.354 e. The molecule has 0 saturated carbocycles. The number of H-pyrrole nitrogens is 2. The fraction of sp³-hybridized carbons (Fsp3) is 0.238. The molecule has 154 valence electrons. The molecule has 8 nitrogen and oxygen atoms in total. The summed E-state index contributed by atoms with van der Waals surface area (Å²) in [6, 6.07) is 15.5. The molecule has 0 fully saturated rings. The van der Waals surface area contributed by atoms with E-state index < -0.39 is 0 Å². The third kappa shape index (κ3) is 4.11. The van der Waals surface area contributed by atoms with Crippen LogP contribution in [0.25, 0.3) is 22.4 Å². The Kier molecular flexibility index (Phi) is 5.62. The van der Waals surface area contributed by atoms with Crippen molar-refractivity contribution in [3.63, 3.8) is 0 Å². The van der Waals surface area contributed by atoms with Crippen LogP contribution in [0.3, 0.4) is 0 Å². The summed E-state index contributed by atoms with van der Waals surface area (Å²) in [6.07, 6.45) is 0.259. The Morgan fingerprint density at radius 3 is 2.67 bits per heavy atom. The maximum atomic E-state index is 12.3. The Balaban J connectivity index is 1.36. The van der Waals surface area contributed by atoms with E-state index in [0.29, 0.717) is 30.2 Å². The van der Waals surface area contributed by atoms with E-state index in [9.17, 15) is 9.59 Å². The molecular formula is C21H22N6O2S. The third-order valence-electron chi connectivity index (χ3n) is 4.97. The van der Waals surface area contributed by atoms with E-state index in [-0.39, 0.29) is 18.0 Å². The number of fused-ring (bicyclic) bond motifs is 1. The molecule has 0 aliphatic heterocycles. The number of benzene rings is 2. The number of carbonyl (C=O) groups is 1. The van der Waals surface area contributed by atoms with E-state index in [2.05, 4.69) is 20.5 Å². The minimum Gasteiger partial charge on any atom is -0.354 e. The highest BCUT2D eigenvalue weighted by molar-refractivity contribution is 7.71. The van der Waals surface area contributed by atoms with Gasteiger partial charge in [0.25, 0.3) is 0 Å². The molecule has 30 heavy (non-hydrogen) atoms. The fourth-order valence-corrected chi connectivity index (χ4v) is 3.61. The van der Waals surface area contributed by atoms with Gasteiger partial charge >= 0.3 is 5.69 Å². The lowest BCUT2D eigenvalue weighted by Crippen LogP contribution is -2.30. The molecular weight excluding hydrogens is 400 g/mol. The Bertz CT molecular complexity index is 1300. The molecule has 0 aliphatic rings. The third-order valence-corrected chi connectivity index (χ3v) is 5.28. The maximum Gasteiger partial charge on any atom is 0.326 e. The predicted octanol–water partition coefficient (Wildman–Crippen LogP) is 2.77.